The fraction of sp³-hybridized carbons (Fsp3) is 0.467. The predicted octanol–water partition coefficient (Wildman–Crippen LogP) is 4.30. The average molecular weight is 215 g/mol. The molecule has 0 radical (unpaired) electrons. The van der Waals surface area contributed by atoms with Crippen LogP contribution in [0.1, 0.15) is 37.7 Å². The Kier molecular flexibility index (Phi) is 4.03. The van der Waals surface area contributed by atoms with Gasteiger partial charge in [0.15, 0.2) is 0 Å². The highest BCUT2D eigenvalue weighted by molar-refractivity contribution is 5.45. The van der Waals surface area contributed by atoms with Crippen molar-refractivity contribution in [1.29, 1.82) is 0 Å². The summed E-state index contributed by atoms with van der Waals surface area (Å²) in [6, 6.07) is 8.59. The molecule has 0 saturated carbocycles. The first-order valence-corrected chi connectivity index (χ1v) is 6.33. The summed E-state index contributed by atoms with van der Waals surface area (Å²) < 4.78 is 0. The molecule has 1 nitrogen and oxygen atoms in total. The minimum atomic E-state index is 1.06. The Morgan fingerprint density at radius 2 is 2.19 bits per heavy atom. The van der Waals surface area contributed by atoms with Gasteiger partial charge in [-0.3, -0.25) is 0 Å². The van der Waals surface area contributed by atoms with E-state index in [-0.39, 0.29) is 0 Å². The van der Waals surface area contributed by atoms with Gasteiger partial charge in [-0.25, -0.2) is 0 Å². The lowest BCUT2D eigenvalue weighted by molar-refractivity contribution is 0.679. The molecule has 0 spiro atoms. The van der Waals surface area contributed by atoms with Crippen molar-refractivity contribution in [2.24, 2.45) is 0 Å². The Morgan fingerprint density at radius 1 is 1.25 bits per heavy atom. The average Bonchev–Trinajstić information content (AvgIpc) is 2.30. The highest BCUT2D eigenvalue weighted by Gasteiger charge is 2.02. The van der Waals surface area contributed by atoms with Crippen molar-refractivity contribution in [2.45, 2.75) is 39.0 Å². The Balaban J connectivity index is 1.77. The van der Waals surface area contributed by atoms with Crippen molar-refractivity contribution in [2.75, 3.05) is 11.9 Å². The number of allylic oxidation sites excluding steroid dienone is 1. The standard InChI is InChI=1S/C15H21N/c1-13-6-5-9-15(12-13)16-11-10-14-7-3-2-4-8-14/h5-7,9,12,16H,2-4,8,10-11H2,1H3. The summed E-state index contributed by atoms with van der Waals surface area (Å²) in [5, 5.41) is 3.49. The first kappa shape index (κ1) is 11.3. The number of aryl methyl sites for hydroxylation is 1. The van der Waals surface area contributed by atoms with E-state index in [1.54, 1.807) is 5.57 Å². The number of anilines is 1. The van der Waals surface area contributed by atoms with Crippen LogP contribution in [0.15, 0.2) is 35.9 Å². The van der Waals surface area contributed by atoms with E-state index in [1.807, 2.05) is 0 Å². The van der Waals surface area contributed by atoms with Crippen molar-refractivity contribution < 1.29 is 0 Å². The van der Waals surface area contributed by atoms with E-state index in [0.29, 0.717) is 0 Å². The quantitative estimate of drug-likeness (QED) is 0.738. The summed E-state index contributed by atoms with van der Waals surface area (Å²) in [6.45, 7) is 3.20. The Bertz CT molecular complexity index is 365. The molecule has 0 amide bonds. The summed E-state index contributed by atoms with van der Waals surface area (Å²) in [7, 11) is 0. The summed E-state index contributed by atoms with van der Waals surface area (Å²) in [5.41, 5.74) is 4.21. The first-order chi connectivity index (χ1) is 7.84. The Morgan fingerprint density at radius 3 is 2.94 bits per heavy atom. The van der Waals surface area contributed by atoms with Gasteiger partial charge in [0.1, 0.15) is 0 Å². The van der Waals surface area contributed by atoms with Gasteiger partial charge in [0.25, 0.3) is 0 Å². The number of hydrogen-bond donors (Lipinski definition) is 1. The highest BCUT2D eigenvalue weighted by Crippen LogP contribution is 2.20. The molecule has 0 bridgehead atoms. The van der Waals surface area contributed by atoms with Crippen LogP contribution in [0.25, 0.3) is 0 Å². The molecule has 1 aliphatic carbocycles. The minimum absolute atomic E-state index is 1.06. The van der Waals surface area contributed by atoms with Gasteiger partial charge in [-0.15, -0.1) is 0 Å². The van der Waals surface area contributed by atoms with E-state index in [2.05, 4.69) is 42.6 Å². The number of benzene rings is 1. The molecule has 2 rings (SSSR count). The fourth-order valence-corrected chi connectivity index (χ4v) is 2.25. The number of hydrogen-bond acceptors (Lipinski definition) is 1. The molecule has 0 aromatic heterocycles. The second-order valence-corrected chi connectivity index (χ2v) is 4.65. The zero-order valence-corrected chi connectivity index (χ0v) is 10.1. The maximum Gasteiger partial charge on any atom is 0.0342 e. The number of rotatable bonds is 4. The van der Waals surface area contributed by atoms with Crippen LogP contribution in [0.2, 0.25) is 0 Å². The van der Waals surface area contributed by atoms with Crippen LogP contribution in [-0.2, 0) is 0 Å². The van der Waals surface area contributed by atoms with E-state index >= 15 is 0 Å². The SMILES string of the molecule is Cc1cccc(NCCC2=CCCCC2)c1. The van der Waals surface area contributed by atoms with Crippen LogP contribution in [0.3, 0.4) is 0 Å². The van der Waals surface area contributed by atoms with Gasteiger partial charge in [-0.05, 0) is 56.7 Å². The lowest BCUT2D eigenvalue weighted by atomic mass is 9.97. The molecule has 16 heavy (non-hydrogen) atoms. The summed E-state index contributed by atoms with van der Waals surface area (Å²) in [6.07, 6.45) is 9.01. The smallest absolute Gasteiger partial charge is 0.0342 e. The van der Waals surface area contributed by atoms with Gasteiger partial charge in [-0.2, -0.15) is 0 Å². The van der Waals surface area contributed by atoms with Crippen LogP contribution in [-0.4, -0.2) is 6.54 Å². The predicted molar refractivity (Wildman–Crippen MR) is 70.8 cm³/mol. The molecule has 1 aliphatic rings. The zero-order valence-electron chi connectivity index (χ0n) is 10.1. The Labute approximate surface area is 98.6 Å². The van der Waals surface area contributed by atoms with Gasteiger partial charge < -0.3 is 5.32 Å². The lowest BCUT2D eigenvalue weighted by Gasteiger charge is -2.13. The third-order valence-electron chi connectivity index (χ3n) is 3.18. The van der Waals surface area contributed by atoms with Crippen molar-refractivity contribution >= 4 is 5.69 Å². The molecule has 86 valence electrons. The molecule has 1 aromatic rings. The van der Waals surface area contributed by atoms with Crippen molar-refractivity contribution in [3.05, 3.63) is 41.5 Å². The van der Waals surface area contributed by atoms with Gasteiger partial charge in [0, 0.05) is 12.2 Å². The molecule has 1 heteroatoms. The van der Waals surface area contributed by atoms with Crippen LogP contribution < -0.4 is 5.32 Å². The van der Waals surface area contributed by atoms with Gasteiger partial charge in [-0.1, -0.05) is 23.8 Å². The molecule has 0 atom stereocenters. The van der Waals surface area contributed by atoms with Crippen LogP contribution in [0.4, 0.5) is 5.69 Å². The highest BCUT2D eigenvalue weighted by atomic mass is 14.9. The largest absolute Gasteiger partial charge is 0.385 e. The Hall–Kier alpha value is -1.24. The third-order valence-corrected chi connectivity index (χ3v) is 3.18. The van der Waals surface area contributed by atoms with E-state index in [0.717, 1.165) is 6.54 Å². The molecular weight excluding hydrogens is 194 g/mol. The minimum Gasteiger partial charge on any atom is -0.385 e. The second-order valence-electron chi connectivity index (χ2n) is 4.65. The van der Waals surface area contributed by atoms with Crippen LogP contribution >= 0.6 is 0 Å². The van der Waals surface area contributed by atoms with E-state index < -0.39 is 0 Å². The third kappa shape index (κ3) is 3.41. The van der Waals surface area contributed by atoms with Crippen molar-refractivity contribution in [3.63, 3.8) is 0 Å². The van der Waals surface area contributed by atoms with Crippen LogP contribution in [0.5, 0.6) is 0 Å². The van der Waals surface area contributed by atoms with Gasteiger partial charge >= 0.3 is 0 Å². The summed E-state index contributed by atoms with van der Waals surface area (Å²) >= 11 is 0. The molecule has 1 N–H and O–H groups in total. The maximum absolute atomic E-state index is 3.49. The molecule has 0 saturated heterocycles. The lowest BCUT2D eigenvalue weighted by Crippen LogP contribution is -2.04. The van der Waals surface area contributed by atoms with E-state index in [4.69, 9.17) is 0 Å². The van der Waals surface area contributed by atoms with E-state index in [9.17, 15) is 0 Å². The summed E-state index contributed by atoms with van der Waals surface area (Å²) in [4.78, 5) is 0. The molecular formula is C15H21N. The van der Waals surface area contributed by atoms with Gasteiger partial charge in [0.05, 0.1) is 0 Å². The fourth-order valence-electron chi connectivity index (χ4n) is 2.25. The zero-order chi connectivity index (χ0) is 11.2. The molecule has 0 heterocycles. The van der Waals surface area contributed by atoms with Gasteiger partial charge in [0.2, 0.25) is 0 Å². The molecule has 1 aromatic carbocycles. The normalized spacial score (nSPS) is 15.7. The number of nitrogens with one attached hydrogen (secondary N) is 1. The topological polar surface area (TPSA) is 12.0 Å². The molecule has 0 unspecified atom stereocenters. The maximum atomic E-state index is 3.49. The van der Waals surface area contributed by atoms with Crippen molar-refractivity contribution in [3.8, 4) is 0 Å². The monoisotopic (exact) mass is 215 g/mol. The molecule has 0 aliphatic heterocycles. The van der Waals surface area contributed by atoms with Crippen molar-refractivity contribution in [1.82, 2.24) is 0 Å². The molecule has 0 fully saturated rings. The first-order valence-electron chi connectivity index (χ1n) is 6.33. The second kappa shape index (κ2) is 5.74. The summed E-state index contributed by atoms with van der Waals surface area (Å²) in [5.74, 6) is 0. The van der Waals surface area contributed by atoms with E-state index in [1.165, 1.54) is 43.4 Å². The van der Waals surface area contributed by atoms with Crippen LogP contribution in [0, 0.1) is 6.92 Å².